The van der Waals surface area contributed by atoms with Gasteiger partial charge < -0.3 is 10.6 Å². The average Bonchev–Trinajstić information content (AvgIpc) is 2.99. The number of anilines is 1. The molecule has 3 nitrogen and oxygen atoms in total. The zero-order valence-corrected chi connectivity index (χ0v) is 12.8. The molecule has 1 aliphatic carbocycles. The molecule has 0 radical (unpaired) electrons. The van der Waals surface area contributed by atoms with Crippen molar-refractivity contribution in [2.75, 3.05) is 4.90 Å². The monoisotopic (exact) mass is 293 g/mol. The third-order valence-electron chi connectivity index (χ3n) is 3.43. The quantitative estimate of drug-likeness (QED) is 0.887. The van der Waals surface area contributed by atoms with Crippen molar-refractivity contribution >= 4 is 27.8 Å². The molecule has 1 fully saturated rings. The fourth-order valence-corrected chi connectivity index (χ4v) is 4.04. The van der Waals surface area contributed by atoms with Crippen molar-refractivity contribution < 1.29 is 0 Å². The van der Waals surface area contributed by atoms with Crippen LogP contribution in [0.3, 0.4) is 0 Å². The lowest BCUT2D eigenvalue weighted by Crippen LogP contribution is -2.24. The molecule has 2 heterocycles. The number of nitrogens with two attached hydrogens (primary N) is 1. The number of thiophene rings is 1. The molecule has 0 saturated heterocycles. The standard InChI is InChI=1S/C14H19N3S2/c1-2-12-13(8-15)19-14(16-12)17(10-5-6-10)9-11-4-3-7-18-11/h3-4,7,10H,2,5-6,8-9,15H2,1H3. The van der Waals surface area contributed by atoms with Gasteiger partial charge in [-0.05, 0) is 30.7 Å². The van der Waals surface area contributed by atoms with Crippen LogP contribution in [0, 0.1) is 0 Å². The van der Waals surface area contributed by atoms with Crippen LogP contribution < -0.4 is 10.6 Å². The molecule has 19 heavy (non-hydrogen) atoms. The maximum atomic E-state index is 5.82. The van der Waals surface area contributed by atoms with E-state index in [1.54, 1.807) is 11.3 Å². The molecule has 0 bridgehead atoms. The highest BCUT2D eigenvalue weighted by molar-refractivity contribution is 7.15. The van der Waals surface area contributed by atoms with Crippen molar-refractivity contribution in [3.63, 3.8) is 0 Å². The van der Waals surface area contributed by atoms with Crippen molar-refractivity contribution in [3.05, 3.63) is 33.0 Å². The van der Waals surface area contributed by atoms with Crippen LogP contribution in [0.1, 0.15) is 35.2 Å². The molecule has 1 saturated carbocycles. The molecule has 2 aromatic heterocycles. The SMILES string of the molecule is CCc1nc(N(Cc2cccs2)C2CC2)sc1CN. The second-order valence-electron chi connectivity index (χ2n) is 4.86. The normalized spacial score (nSPS) is 14.8. The molecular formula is C14H19N3S2. The molecule has 1 aliphatic rings. The smallest absolute Gasteiger partial charge is 0.186 e. The van der Waals surface area contributed by atoms with Gasteiger partial charge in [-0.2, -0.15) is 0 Å². The van der Waals surface area contributed by atoms with Crippen LogP contribution in [0.25, 0.3) is 0 Å². The molecule has 5 heteroatoms. The molecule has 0 amide bonds. The maximum absolute atomic E-state index is 5.82. The van der Waals surface area contributed by atoms with E-state index in [4.69, 9.17) is 10.7 Å². The Kier molecular flexibility index (Phi) is 3.86. The molecule has 0 atom stereocenters. The minimum absolute atomic E-state index is 0.609. The first kappa shape index (κ1) is 13.1. The maximum Gasteiger partial charge on any atom is 0.186 e. The first-order valence-electron chi connectivity index (χ1n) is 6.79. The zero-order valence-electron chi connectivity index (χ0n) is 11.1. The number of thiazole rings is 1. The Hall–Kier alpha value is -0.910. The van der Waals surface area contributed by atoms with Gasteiger partial charge in [-0.15, -0.1) is 22.7 Å². The third-order valence-corrected chi connectivity index (χ3v) is 5.45. The van der Waals surface area contributed by atoms with Crippen LogP contribution in [0.4, 0.5) is 5.13 Å². The van der Waals surface area contributed by atoms with Gasteiger partial charge in [0.2, 0.25) is 0 Å². The number of aromatic nitrogens is 1. The Bertz CT molecular complexity index is 507. The molecule has 3 rings (SSSR count). The van der Waals surface area contributed by atoms with Crippen LogP contribution in [0.15, 0.2) is 17.5 Å². The predicted molar refractivity (Wildman–Crippen MR) is 82.9 cm³/mol. The highest BCUT2D eigenvalue weighted by atomic mass is 32.1. The van der Waals surface area contributed by atoms with E-state index in [1.807, 2.05) is 11.3 Å². The lowest BCUT2D eigenvalue weighted by molar-refractivity contribution is 0.794. The highest BCUT2D eigenvalue weighted by Crippen LogP contribution is 2.37. The van der Waals surface area contributed by atoms with Crippen molar-refractivity contribution in [1.82, 2.24) is 4.98 Å². The minimum Gasteiger partial charge on any atom is -0.340 e. The van der Waals surface area contributed by atoms with Gasteiger partial charge in [0.25, 0.3) is 0 Å². The Morgan fingerprint density at radius 3 is 2.84 bits per heavy atom. The summed E-state index contributed by atoms with van der Waals surface area (Å²) in [5.74, 6) is 0. The van der Waals surface area contributed by atoms with Gasteiger partial charge in [0.1, 0.15) is 0 Å². The number of aryl methyl sites for hydroxylation is 1. The van der Waals surface area contributed by atoms with E-state index in [0.717, 1.165) is 18.1 Å². The lowest BCUT2D eigenvalue weighted by atomic mass is 10.3. The number of rotatable bonds is 6. The van der Waals surface area contributed by atoms with E-state index in [9.17, 15) is 0 Å². The summed E-state index contributed by atoms with van der Waals surface area (Å²) in [4.78, 5) is 9.93. The molecule has 0 spiro atoms. The van der Waals surface area contributed by atoms with E-state index >= 15 is 0 Å². The summed E-state index contributed by atoms with van der Waals surface area (Å²) < 4.78 is 0. The van der Waals surface area contributed by atoms with Crippen LogP contribution in [0.5, 0.6) is 0 Å². The van der Waals surface area contributed by atoms with Crippen molar-refractivity contribution in [3.8, 4) is 0 Å². The minimum atomic E-state index is 0.609. The highest BCUT2D eigenvalue weighted by Gasteiger charge is 2.31. The lowest BCUT2D eigenvalue weighted by Gasteiger charge is -2.20. The number of hydrogen-bond donors (Lipinski definition) is 1. The summed E-state index contributed by atoms with van der Waals surface area (Å²) >= 11 is 3.60. The largest absolute Gasteiger partial charge is 0.340 e. The molecule has 2 aromatic rings. The van der Waals surface area contributed by atoms with Crippen LogP contribution in [-0.2, 0) is 19.5 Å². The molecule has 0 aromatic carbocycles. The molecule has 0 unspecified atom stereocenters. The first-order chi connectivity index (χ1) is 9.31. The van der Waals surface area contributed by atoms with Crippen LogP contribution in [0.2, 0.25) is 0 Å². The van der Waals surface area contributed by atoms with Crippen LogP contribution >= 0.6 is 22.7 Å². The van der Waals surface area contributed by atoms with Crippen molar-refractivity contribution in [2.24, 2.45) is 5.73 Å². The summed E-state index contributed by atoms with van der Waals surface area (Å²) in [5.41, 5.74) is 7.00. The molecular weight excluding hydrogens is 274 g/mol. The van der Waals surface area contributed by atoms with Crippen molar-refractivity contribution in [1.29, 1.82) is 0 Å². The number of hydrogen-bond acceptors (Lipinski definition) is 5. The second kappa shape index (κ2) is 5.61. The topological polar surface area (TPSA) is 42.2 Å². The summed E-state index contributed by atoms with van der Waals surface area (Å²) in [5, 5.41) is 3.30. The van der Waals surface area contributed by atoms with E-state index in [2.05, 4.69) is 29.3 Å². The van der Waals surface area contributed by atoms with Gasteiger partial charge >= 0.3 is 0 Å². The van der Waals surface area contributed by atoms with Gasteiger partial charge in [0.15, 0.2) is 5.13 Å². The van der Waals surface area contributed by atoms with Crippen molar-refractivity contribution in [2.45, 2.75) is 45.3 Å². The van der Waals surface area contributed by atoms with Gasteiger partial charge in [-0.3, -0.25) is 0 Å². The third kappa shape index (κ3) is 2.83. The van der Waals surface area contributed by atoms with Crippen LogP contribution in [-0.4, -0.2) is 11.0 Å². The summed E-state index contributed by atoms with van der Waals surface area (Å²) in [6.45, 7) is 3.75. The average molecular weight is 293 g/mol. The van der Waals surface area contributed by atoms with E-state index in [-0.39, 0.29) is 0 Å². The Balaban J connectivity index is 1.85. The summed E-state index contributed by atoms with van der Waals surface area (Å²) in [6.07, 6.45) is 3.56. The Morgan fingerprint density at radius 2 is 2.32 bits per heavy atom. The van der Waals surface area contributed by atoms with E-state index < -0.39 is 0 Å². The van der Waals surface area contributed by atoms with E-state index in [1.165, 1.54) is 28.3 Å². The Morgan fingerprint density at radius 1 is 1.47 bits per heavy atom. The molecule has 0 aliphatic heterocycles. The predicted octanol–water partition coefficient (Wildman–Crippen LogP) is 3.39. The van der Waals surface area contributed by atoms with Gasteiger partial charge in [0.05, 0.1) is 12.2 Å². The first-order valence-corrected chi connectivity index (χ1v) is 8.49. The second-order valence-corrected chi connectivity index (χ2v) is 6.96. The molecule has 2 N–H and O–H groups in total. The number of nitrogens with zero attached hydrogens (tertiary/aromatic N) is 2. The molecule has 102 valence electrons. The fourth-order valence-electron chi connectivity index (χ4n) is 2.24. The summed E-state index contributed by atoms with van der Waals surface area (Å²) in [6, 6.07) is 5.01. The zero-order chi connectivity index (χ0) is 13.2. The van der Waals surface area contributed by atoms with Gasteiger partial charge in [0, 0.05) is 22.3 Å². The van der Waals surface area contributed by atoms with E-state index in [0.29, 0.717) is 12.6 Å². The van der Waals surface area contributed by atoms with Gasteiger partial charge in [-0.1, -0.05) is 13.0 Å². The fraction of sp³-hybridized carbons (Fsp3) is 0.500. The Labute approximate surface area is 122 Å². The summed E-state index contributed by atoms with van der Waals surface area (Å²) in [7, 11) is 0. The van der Waals surface area contributed by atoms with Gasteiger partial charge in [-0.25, -0.2) is 4.98 Å².